The van der Waals surface area contributed by atoms with E-state index in [4.69, 9.17) is 9.47 Å². The van der Waals surface area contributed by atoms with Crippen LogP contribution in [0, 0.1) is 0 Å². The van der Waals surface area contributed by atoms with E-state index in [1.165, 1.54) is 0 Å². The molecule has 0 unspecified atom stereocenters. The van der Waals surface area contributed by atoms with Crippen LogP contribution in [0.3, 0.4) is 0 Å². The third-order valence-corrected chi connectivity index (χ3v) is 3.67. The van der Waals surface area contributed by atoms with Gasteiger partial charge in [-0.25, -0.2) is 0 Å². The average Bonchev–Trinajstić information content (AvgIpc) is 2.60. The maximum absolute atomic E-state index is 12.8. The molecule has 5 heteroatoms. The zero-order valence-corrected chi connectivity index (χ0v) is 15.1. The van der Waals surface area contributed by atoms with Crippen LogP contribution in [0.25, 0.3) is 0 Å². The number of nitrogens with zero attached hydrogens (tertiary/aromatic N) is 2. The summed E-state index contributed by atoms with van der Waals surface area (Å²) >= 11 is 0. The second kappa shape index (κ2) is 9.79. The Balaban J connectivity index is 2.11. The number of hydrogen-bond acceptors (Lipinski definition) is 4. The Morgan fingerprint density at radius 1 is 1.16 bits per heavy atom. The van der Waals surface area contributed by atoms with Gasteiger partial charge >= 0.3 is 0 Å². The maximum Gasteiger partial charge on any atom is 0.227 e. The molecular weight excluding hydrogens is 316 g/mol. The van der Waals surface area contributed by atoms with Gasteiger partial charge in [0.05, 0.1) is 31.4 Å². The topological polar surface area (TPSA) is 51.7 Å². The van der Waals surface area contributed by atoms with Gasteiger partial charge in [-0.3, -0.25) is 9.78 Å². The quantitative estimate of drug-likeness (QED) is 0.703. The second-order valence-electron chi connectivity index (χ2n) is 6.08. The van der Waals surface area contributed by atoms with Crippen molar-refractivity contribution in [3.05, 3.63) is 59.9 Å². The van der Waals surface area contributed by atoms with Crippen LogP contribution >= 0.6 is 0 Å². The molecule has 0 saturated heterocycles. The highest BCUT2D eigenvalue weighted by molar-refractivity contribution is 5.79. The lowest BCUT2D eigenvalue weighted by Crippen LogP contribution is -2.35. The van der Waals surface area contributed by atoms with Gasteiger partial charge in [0, 0.05) is 25.4 Å². The Hall–Kier alpha value is -2.40. The number of rotatable bonds is 9. The molecule has 134 valence electrons. The molecule has 0 aliphatic carbocycles. The highest BCUT2D eigenvalue weighted by atomic mass is 16.5. The van der Waals surface area contributed by atoms with Crippen LogP contribution in [-0.2, 0) is 22.5 Å². The van der Waals surface area contributed by atoms with Crippen molar-refractivity contribution in [3.8, 4) is 5.75 Å². The highest BCUT2D eigenvalue weighted by Gasteiger charge is 2.17. The standard InChI is InChI=1S/C20H26N2O3/c1-16(2)25-19-10-5-4-8-17(19)14-20(23)22(12-13-24-3)15-18-9-6-7-11-21-18/h4-11,16H,12-15H2,1-3H3. The number of carbonyl (C=O) groups excluding carboxylic acids is 1. The van der Waals surface area contributed by atoms with E-state index in [1.54, 1.807) is 18.2 Å². The molecule has 1 heterocycles. The molecule has 25 heavy (non-hydrogen) atoms. The predicted octanol–water partition coefficient (Wildman–Crippen LogP) is 3.09. The van der Waals surface area contributed by atoms with Crippen molar-refractivity contribution in [3.63, 3.8) is 0 Å². The van der Waals surface area contributed by atoms with E-state index in [1.807, 2.05) is 56.3 Å². The van der Waals surface area contributed by atoms with Crippen molar-refractivity contribution >= 4 is 5.91 Å². The maximum atomic E-state index is 12.8. The van der Waals surface area contributed by atoms with E-state index < -0.39 is 0 Å². The van der Waals surface area contributed by atoms with Crippen LogP contribution in [0.1, 0.15) is 25.1 Å². The summed E-state index contributed by atoms with van der Waals surface area (Å²) < 4.78 is 11.0. The number of ether oxygens (including phenoxy) is 2. The summed E-state index contributed by atoms with van der Waals surface area (Å²) in [7, 11) is 1.63. The minimum absolute atomic E-state index is 0.0301. The van der Waals surface area contributed by atoms with Crippen LogP contribution in [-0.4, -0.2) is 42.2 Å². The van der Waals surface area contributed by atoms with Crippen molar-refractivity contribution in [2.45, 2.75) is 32.9 Å². The van der Waals surface area contributed by atoms with Gasteiger partial charge in [-0.1, -0.05) is 24.3 Å². The van der Waals surface area contributed by atoms with Crippen LogP contribution in [0.15, 0.2) is 48.7 Å². The number of carbonyl (C=O) groups is 1. The molecule has 2 rings (SSSR count). The number of benzene rings is 1. The van der Waals surface area contributed by atoms with Crippen molar-refractivity contribution in [1.29, 1.82) is 0 Å². The van der Waals surface area contributed by atoms with Gasteiger partial charge in [-0.15, -0.1) is 0 Å². The summed E-state index contributed by atoms with van der Waals surface area (Å²) in [6, 6.07) is 13.4. The summed E-state index contributed by atoms with van der Waals surface area (Å²) in [6.45, 7) is 5.44. The van der Waals surface area contributed by atoms with E-state index >= 15 is 0 Å². The van der Waals surface area contributed by atoms with Crippen LogP contribution in [0.5, 0.6) is 5.75 Å². The fraction of sp³-hybridized carbons (Fsp3) is 0.400. The number of methoxy groups -OCH3 is 1. The smallest absolute Gasteiger partial charge is 0.227 e. The molecule has 0 aliphatic heterocycles. The number of pyridine rings is 1. The molecule has 1 amide bonds. The summed E-state index contributed by atoms with van der Waals surface area (Å²) in [6.07, 6.45) is 2.09. The van der Waals surface area contributed by atoms with Gasteiger partial charge < -0.3 is 14.4 Å². The first-order valence-corrected chi connectivity index (χ1v) is 8.51. The molecule has 0 aliphatic rings. The van der Waals surface area contributed by atoms with E-state index in [2.05, 4.69) is 4.98 Å². The van der Waals surface area contributed by atoms with Gasteiger partial charge in [-0.2, -0.15) is 0 Å². The van der Waals surface area contributed by atoms with Gasteiger partial charge in [0.15, 0.2) is 0 Å². The van der Waals surface area contributed by atoms with E-state index in [0.717, 1.165) is 17.0 Å². The molecule has 0 bridgehead atoms. The summed E-state index contributed by atoms with van der Waals surface area (Å²) in [5.74, 6) is 0.790. The number of hydrogen-bond donors (Lipinski definition) is 0. The number of para-hydroxylation sites is 1. The molecule has 1 aromatic heterocycles. The molecule has 0 radical (unpaired) electrons. The van der Waals surface area contributed by atoms with E-state index in [-0.39, 0.29) is 12.0 Å². The molecule has 0 fully saturated rings. The molecular formula is C20H26N2O3. The van der Waals surface area contributed by atoms with Gasteiger partial charge in [0.1, 0.15) is 5.75 Å². The third kappa shape index (κ3) is 6.19. The van der Waals surface area contributed by atoms with Crippen molar-refractivity contribution in [2.75, 3.05) is 20.3 Å². The largest absolute Gasteiger partial charge is 0.491 e. The fourth-order valence-electron chi connectivity index (χ4n) is 2.47. The minimum atomic E-state index is 0.0301. The van der Waals surface area contributed by atoms with Crippen molar-refractivity contribution in [2.24, 2.45) is 0 Å². The Morgan fingerprint density at radius 3 is 2.60 bits per heavy atom. The molecule has 0 atom stereocenters. The third-order valence-electron chi connectivity index (χ3n) is 3.67. The molecule has 2 aromatic rings. The van der Waals surface area contributed by atoms with Gasteiger partial charge in [0.25, 0.3) is 0 Å². The van der Waals surface area contributed by atoms with Crippen LogP contribution in [0.4, 0.5) is 0 Å². The Labute approximate surface area is 149 Å². The lowest BCUT2D eigenvalue weighted by Gasteiger charge is -2.23. The average molecular weight is 342 g/mol. The van der Waals surface area contributed by atoms with Gasteiger partial charge in [-0.05, 0) is 32.0 Å². The zero-order valence-electron chi connectivity index (χ0n) is 15.1. The normalized spacial score (nSPS) is 10.7. The summed E-state index contributed by atoms with van der Waals surface area (Å²) in [4.78, 5) is 18.9. The summed E-state index contributed by atoms with van der Waals surface area (Å²) in [5, 5.41) is 0. The Morgan fingerprint density at radius 2 is 1.92 bits per heavy atom. The number of amides is 1. The predicted molar refractivity (Wildman–Crippen MR) is 97.4 cm³/mol. The fourth-order valence-corrected chi connectivity index (χ4v) is 2.47. The molecule has 0 N–H and O–H groups in total. The van der Waals surface area contributed by atoms with Crippen molar-refractivity contribution < 1.29 is 14.3 Å². The van der Waals surface area contributed by atoms with E-state index in [0.29, 0.717) is 26.1 Å². The first kappa shape index (κ1) is 18.9. The molecule has 5 nitrogen and oxygen atoms in total. The first-order valence-electron chi connectivity index (χ1n) is 8.51. The second-order valence-corrected chi connectivity index (χ2v) is 6.08. The molecule has 0 saturated carbocycles. The minimum Gasteiger partial charge on any atom is -0.491 e. The van der Waals surface area contributed by atoms with Crippen LogP contribution in [0.2, 0.25) is 0 Å². The lowest BCUT2D eigenvalue weighted by molar-refractivity contribution is -0.131. The molecule has 0 spiro atoms. The zero-order chi connectivity index (χ0) is 18.1. The SMILES string of the molecule is COCCN(Cc1ccccn1)C(=O)Cc1ccccc1OC(C)C. The van der Waals surface area contributed by atoms with Crippen LogP contribution < -0.4 is 4.74 Å². The monoisotopic (exact) mass is 342 g/mol. The summed E-state index contributed by atoms with van der Waals surface area (Å²) in [5.41, 5.74) is 1.75. The first-order chi connectivity index (χ1) is 12.1. The van der Waals surface area contributed by atoms with Crippen molar-refractivity contribution in [1.82, 2.24) is 9.88 Å². The van der Waals surface area contributed by atoms with Gasteiger partial charge in [0.2, 0.25) is 5.91 Å². The molecule has 1 aromatic carbocycles. The highest BCUT2D eigenvalue weighted by Crippen LogP contribution is 2.21. The Bertz CT molecular complexity index is 659. The lowest BCUT2D eigenvalue weighted by atomic mass is 10.1. The van der Waals surface area contributed by atoms with E-state index in [9.17, 15) is 4.79 Å². The Kier molecular flexibility index (Phi) is 7.41. The number of aromatic nitrogens is 1.